The largest absolute Gasteiger partial charge is 0.383 e. The van der Waals surface area contributed by atoms with Gasteiger partial charge in [-0.25, -0.2) is 29.9 Å². The standard InChI is InChI=1S/C15H9N7S.C12H12N4OS.C5H6N4.ClH/c1-3-10(9-16-5-1)14-21-22-15(23-14)11-4-8-19-13(20-11)12-17-6-2-7-18-12;1-16(2)7-5-10(17)12-15-14-11(18-12)9-4-3-6-13-8-9;6-4(7)5-8-2-1-3-9-5;/h1-9H;3-8H,1-2H3;1-3H,(H3,6,7);1H/p+1/b;7-5+;;. The maximum atomic E-state index is 11.8. The lowest BCUT2D eigenvalue weighted by Gasteiger charge is -2.01. The van der Waals surface area contributed by atoms with E-state index < -0.39 is 0 Å². The molecule has 0 amide bonds. The molecule has 7 heterocycles. The molecule has 256 valence electrons. The van der Waals surface area contributed by atoms with E-state index in [1.165, 1.54) is 28.7 Å². The number of amidine groups is 1. The lowest BCUT2D eigenvalue weighted by Crippen LogP contribution is -2.47. The van der Waals surface area contributed by atoms with E-state index in [2.05, 4.69) is 60.3 Å². The van der Waals surface area contributed by atoms with Crippen molar-refractivity contribution in [2.75, 3.05) is 14.1 Å². The van der Waals surface area contributed by atoms with Gasteiger partial charge in [-0.1, -0.05) is 22.7 Å². The predicted molar refractivity (Wildman–Crippen MR) is 195 cm³/mol. The number of nitrogens with zero attached hydrogens (tertiary/aromatic N) is 13. The van der Waals surface area contributed by atoms with Crippen LogP contribution in [0.2, 0.25) is 0 Å². The Kier molecular flexibility index (Phi) is 13.9. The number of carbonyl (C=O) groups is 1. The SMILES string of the molecule is CN(C)/C=C/C(=O)c1nnc(-c2cccnc2)s1.Cl.NC(=[NH2+])c1ncccn1.c1cnc(-c2nccc(-c3nnc(-c4cccnc4)s3)n2)nc1. The normalized spacial score (nSPS) is 10.2. The third kappa shape index (κ3) is 11.1. The quantitative estimate of drug-likeness (QED) is 0.0989. The van der Waals surface area contributed by atoms with Gasteiger partial charge in [-0.3, -0.25) is 25.9 Å². The van der Waals surface area contributed by atoms with Gasteiger partial charge in [-0.15, -0.1) is 32.8 Å². The number of allylic oxidation sites excluding steroid dienone is 1. The van der Waals surface area contributed by atoms with E-state index in [0.29, 0.717) is 38.2 Å². The number of nitrogens with two attached hydrogens (primary N) is 2. The molecule has 7 rings (SSSR count). The number of carbonyl (C=O) groups excluding carboxylic acids is 1. The summed E-state index contributed by atoms with van der Waals surface area (Å²) in [6.07, 6.45) is 18.2. The highest BCUT2D eigenvalue weighted by molar-refractivity contribution is 7.18. The van der Waals surface area contributed by atoms with Gasteiger partial charge in [-0.2, -0.15) is 0 Å². The Bertz CT molecular complexity index is 2150. The third-order valence-corrected chi connectivity index (χ3v) is 7.85. The summed E-state index contributed by atoms with van der Waals surface area (Å²) in [6, 6.07) is 12.8. The van der Waals surface area contributed by atoms with Crippen LogP contribution in [0.5, 0.6) is 0 Å². The van der Waals surface area contributed by atoms with Crippen LogP contribution >= 0.6 is 35.1 Å². The first-order valence-electron chi connectivity index (χ1n) is 14.5. The van der Waals surface area contributed by atoms with E-state index in [4.69, 9.17) is 11.1 Å². The number of halogens is 1. The molecule has 0 radical (unpaired) electrons. The number of rotatable bonds is 8. The molecule has 19 heteroatoms. The van der Waals surface area contributed by atoms with Crippen LogP contribution < -0.4 is 11.1 Å². The highest BCUT2D eigenvalue weighted by Gasteiger charge is 2.13. The lowest BCUT2D eigenvalue weighted by atomic mass is 10.3. The van der Waals surface area contributed by atoms with Crippen LogP contribution in [-0.2, 0) is 0 Å². The molecule has 0 atom stereocenters. The Morgan fingerprint density at radius 1 is 0.706 bits per heavy atom. The molecule has 0 bridgehead atoms. The zero-order chi connectivity index (χ0) is 35.1. The minimum Gasteiger partial charge on any atom is -0.383 e. The lowest BCUT2D eigenvalue weighted by molar-refractivity contribution is -0.114. The van der Waals surface area contributed by atoms with Crippen LogP contribution in [0.1, 0.15) is 15.6 Å². The van der Waals surface area contributed by atoms with Gasteiger partial charge in [0.15, 0.2) is 21.7 Å². The molecule has 7 aromatic rings. The van der Waals surface area contributed by atoms with Gasteiger partial charge in [0, 0.05) is 93.3 Å². The van der Waals surface area contributed by atoms with Gasteiger partial charge in [0.05, 0.1) is 0 Å². The summed E-state index contributed by atoms with van der Waals surface area (Å²) >= 11 is 2.71. The fourth-order valence-electron chi connectivity index (χ4n) is 3.60. The maximum absolute atomic E-state index is 11.8. The topological polar surface area (TPSA) is 227 Å². The van der Waals surface area contributed by atoms with E-state index in [-0.39, 0.29) is 24.0 Å². The van der Waals surface area contributed by atoms with Crippen LogP contribution in [0.3, 0.4) is 0 Å². The first kappa shape index (κ1) is 37.4. The second kappa shape index (κ2) is 19.0. The number of aromatic nitrogens is 12. The average molecular weight is 739 g/mol. The molecule has 0 spiro atoms. The highest BCUT2D eigenvalue weighted by Crippen LogP contribution is 2.28. The summed E-state index contributed by atoms with van der Waals surface area (Å²) in [7, 11) is 3.70. The Morgan fingerprint density at radius 2 is 1.27 bits per heavy atom. The van der Waals surface area contributed by atoms with Crippen molar-refractivity contribution in [2.24, 2.45) is 5.73 Å². The van der Waals surface area contributed by atoms with Gasteiger partial charge >= 0.3 is 5.84 Å². The highest BCUT2D eigenvalue weighted by atomic mass is 35.5. The van der Waals surface area contributed by atoms with E-state index in [1.54, 1.807) is 85.1 Å². The number of hydrogen-bond donors (Lipinski definition) is 2. The third-order valence-electron chi connectivity index (χ3n) is 5.87. The number of ketones is 1. The second-order valence-electron chi connectivity index (χ2n) is 9.82. The summed E-state index contributed by atoms with van der Waals surface area (Å²) in [5.74, 6) is 1.33. The zero-order valence-corrected chi connectivity index (χ0v) is 29.4. The fourth-order valence-corrected chi connectivity index (χ4v) is 5.15. The first-order valence-corrected chi connectivity index (χ1v) is 16.1. The number of hydrogen-bond acceptors (Lipinski definition) is 16. The molecule has 0 saturated carbocycles. The van der Waals surface area contributed by atoms with Gasteiger partial charge in [0.2, 0.25) is 11.6 Å². The molecular formula is C32H29ClN15OS2+. The van der Waals surface area contributed by atoms with Crippen LogP contribution in [0, 0.1) is 0 Å². The summed E-state index contributed by atoms with van der Waals surface area (Å²) in [5, 5.41) is 24.1. The van der Waals surface area contributed by atoms with E-state index in [1.807, 2.05) is 38.4 Å². The van der Waals surface area contributed by atoms with Gasteiger partial charge < -0.3 is 4.90 Å². The Hall–Kier alpha value is -6.37. The molecule has 0 aliphatic rings. The van der Waals surface area contributed by atoms with Crippen LogP contribution in [0.15, 0.2) is 111 Å². The van der Waals surface area contributed by atoms with Gasteiger partial charge in [0.1, 0.15) is 15.7 Å². The summed E-state index contributed by atoms with van der Waals surface area (Å²) in [6.45, 7) is 0. The molecule has 0 aromatic carbocycles. The molecule has 0 fully saturated rings. The molecule has 0 unspecified atom stereocenters. The summed E-state index contributed by atoms with van der Waals surface area (Å²) < 4.78 is 0. The van der Waals surface area contributed by atoms with Crippen molar-refractivity contribution in [2.45, 2.75) is 0 Å². The molecule has 51 heavy (non-hydrogen) atoms. The van der Waals surface area contributed by atoms with Crippen molar-refractivity contribution < 1.29 is 10.2 Å². The van der Waals surface area contributed by atoms with Crippen molar-refractivity contribution in [3.05, 3.63) is 121 Å². The molecular weight excluding hydrogens is 710 g/mol. The van der Waals surface area contributed by atoms with E-state index >= 15 is 0 Å². The Labute approximate surface area is 305 Å². The Morgan fingerprint density at radius 3 is 1.84 bits per heavy atom. The minimum absolute atomic E-state index is 0. The molecule has 0 aliphatic carbocycles. The summed E-state index contributed by atoms with van der Waals surface area (Å²) in [4.78, 5) is 46.2. The zero-order valence-electron chi connectivity index (χ0n) is 27.0. The number of pyridine rings is 2. The monoisotopic (exact) mass is 738 g/mol. The minimum atomic E-state index is -0.142. The van der Waals surface area contributed by atoms with Crippen LogP contribution in [0.25, 0.3) is 43.5 Å². The molecule has 4 N–H and O–H groups in total. The van der Waals surface area contributed by atoms with E-state index in [0.717, 1.165) is 16.1 Å². The van der Waals surface area contributed by atoms with E-state index in [9.17, 15) is 4.79 Å². The predicted octanol–water partition coefficient (Wildman–Crippen LogP) is 2.74. The van der Waals surface area contributed by atoms with Crippen LogP contribution in [-0.4, -0.2) is 90.9 Å². The van der Waals surface area contributed by atoms with Gasteiger partial charge in [-0.05, 0) is 42.5 Å². The van der Waals surface area contributed by atoms with Crippen molar-refractivity contribution in [3.63, 3.8) is 0 Å². The maximum Gasteiger partial charge on any atom is 0.309 e. The van der Waals surface area contributed by atoms with Crippen LogP contribution in [0.4, 0.5) is 0 Å². The first-order chi connectivity index (χ1) is 24.4. The Balaban J connectivity index is 0.000000186. The smallest absolute Gasteiger partial charge is 0.309 e. The summed E-state index contributed by atoms with van der Waals surface area (Å²) in [5.41, 5.74) is 7.67. The van der Waals surface area contributed by atoms with Crippen molar-refractivity contribution in [3.8, 4) is 43.5 Å². The van der Waals surface area contributed by atoms with Crippen molar-refractivity contribution in [1.82, 2.24) is 65.2 Å². The average Bonchev–Trinajstić information content (AvgIpc) is 3.88. The molecule has 7 aromatic heterocycles. The molecule has 16 nitrogen and oxygen atoms in total. The van der Waals surface area contributed by atoms with Crippen molar-refractivity contribution in [1.29, 1.82) is 0 Å². The fraction of sp³-hybridized carbons (Fsp3) is 0.0625. The second-order valence-corrected chi connectivity index (χ2v) is 11.8. The molecule has 0 aliphatic heterocycles. The van der Waals surface area contributed by atoms with Crippen molar-refractivity contribution >= 4 is 46.7 Å². The van der Waals surface area contributed by atoms with Gasteiger partial charge in [0.25, 0.3) is 0 Å². The molecule has 0 saturated heterocycles.